The molecule has 8 nitrogen and oxygen atoms in total. The lowest BCUT2D eigenvalue weighted by Crippen LogP contribution is -2.41. The molecule has 0 aliphatic carbocycles. The van der Waals surface area contributed by atoms with Gasteiger partial charge in [-0.25, -0.2) is 4.98 Å². The monoisotopic (exact) mass is 467 g/mol. The SMILES string of the molecule is COc1ccc(-c2nc(CCNC(=O)C3CCN(c4ccc(C)nn4)CC3)cs2)cc1OC. The number of methoxy groups -OCH3 is 2. The average Bonchev–Trinajstić information content (AvgIpc) is 3.33. The molecule has 1 aliphatic heterocycles. The second-order valence-corrected chi connectivity index (χ2v) is 8.91. The summed E-state index contributed by atoms with van der Waals surface area (Å²) in [6.07, 6.45) is 2.34. The summed E-state index contributed by atoms with van der Waals surface area (Å²) < 4.78 is 10.7. The summed E-state index contributed by atoms with van der Waals surface area (Å²) >= 11 is 1.58. The number of anilines is 1. The fourth-order valence-corrected chi connectivity index (χ4v) is 4.76. The van der Waals surface area contributed by atoms with Gasteiger partial charge in [0.25, 0.3) is 0 Å². The van der Waals surface area contributed by atoms with Crippen LogP contribution in [0.1, 0.15) is 24.2 Å². The van der Waals surface area contributed by atoms with Crippen molar-refractivity contribution in [2.45, 2.75) is 26.2 Å². The highest BCUT2D eigenvalue weighted by molar-refractivity contribution is 7.13. The number of rotatable bonds is 8. The van der Waals surface area contributed by atoms with Crippen LogP contribution in [0.15, 0.2) is 35.7 Å². The topological polar surface area (TPSA) is 89.5 Å². The van der Waals surface area contributed by atoms with Gasteiger partial charge >= 0.3 is 0 Å². The first-order chi connectivity index (χ1) is 16.1. The van der Waals surface area contributed by atoms with E-state index in [1.807, 2.05) is 42.6 Å². The Hall–Kier alpha value is -3.20. The maximum Gasteiger partial charge on any atom is 0.223 e. The third-order valence-corrected chi connectivity index (χ3v) is 6.78. The van der Waals surface area contributed by atoms with Crippen molar-refractivity contribution in [1.82, 2.24) is 20.5 Å². The Kier molecular flexibility index (Phi) is 7.39. The van der Waals surface area contributed by atoms with Gasteiger partial charge < -0.3 is 19.7 Å². The van der Waals surface area contributed by atoms with Crippen molar-refractivity contribution >= 4 is 23.1 Å². The highest BCUT2D eigenvalue weighted by Crippen LogP contribution is 2.33. The predicted molar refractivity (Wildman–Crippen MR) is 129 cm³/mol. The number of nitrogens with one attached hydrogen (secondary N) is 1. The third-order valence-electron chi connectivity index (χ3n) is 5.84. The van der Waals surface area contributed by atoms with Gasteiger partial charge in [0.1, 0.15) is 5.01 Å². The van der Waals surface area contributed by atoms with E-state index in [9.17, 15) is 4.79 Å². The van der Waals surface area contributed by atoms with E-state index in [-0.39, 0.29) is 11.8 Å². The van der Waals surface area contributed by atoms with Crippen LogP contribution in [0.4, 0.5) is 5.82 Å². The fraction of sp³-hybridized carbons (Fsp3) is 0.417. The number of hydrogen-bond donors (Lipinski definition) is 1. The zero-order chi connectivity index (χ0) is 23.2. The lowest BCUT2D eigenvalue weighted by Gasteiger charge is -2.31. The number of aryl methyl sites for hydroxylation is 1. The van der Waals surface area contributed by atoms with Crippen LogP contribution in [-0.2, 0) is 11.2 Å². The summed E-state index contributed by atoms with van der Waals surface area (Å²) in [5.41, 5.74) is 2.86. The summed E-state index contributed by atoms with van der Waals surface area (Å²) in [6.45, 7) is 4.14. The summed E-state index contributed by atoms with van der Waals surface area (Å²) in [5.74, 6) is 2.42. The van der Waals surface area contributed by atoms with Gasteiger partial charge in [-0.1, -0.05) is 0 Å². The number of carbonyl (C=O) groups is 1. The van der Waals surface area contributed by atoms with Crippen LogP contribution < -0.4 is 19.7 Å². The van der Waals surface area contributed by atoms with Crippen LogP contribution in [0.2, 0.25) is 0 Å². The maximum atomic E-state index is 12.6. The molecule has 0 unspecified atom stereocenters. The van der Waals surface area contributed by atoms with E-state index in [2.05, 4.69) is 20.4 Å². The molecule has 0 atom stereocenters. The second-order valence-electron chi connectivity index (χ2n) is 8.05. The predicted octanol–water partition coefficient (Wildman–Crippen LogP) is 3.50. The van der Waals surface area contributed by atoms with Gasteiger partial charge in [0.2, 0.25) is 5.91 Å². The molecule has 4 rings (SSSR count). The zero-order valence-electron chi connectivity index (χ0n) is 19.2. The van der Waals surface area contributed by atoms with E-state index in [4.69, 9.17) is 14.5 Å². The van der Waals surface area contributed by atoms with Crippen molar-refractivity contribution in [1.29, 1.82) is 0 Å². The van der Waals surface area contributed by atoms with Gasteiger partial charge in [-0.05, 0) is 50.1 Å². The molecule has 1 amide bonds. The number of piperidine rings is 1. The van der Waals surface area contributed by atoms with Crippen LogP contribution in [0, 0.1) is 12.8 Å². The summed E-state index contributed by atoms with van der Waals surface area (Å²) in [6, 6.07) is 9.74. The van der Waals surface area contributed by atoms with Crippen molar-refractivity contribution in [3.8, 4) is 22.1 Å². The first-order valence-electron chi connectivity index (χ1n) is 11.1. The van der Waals surface area contributed by atoms with Crippen LogP contribution in [0.25, 0.3) is 10.6 Å². The van der Waals surface area contributed by atoms with Gasteiger partial charge in [-0.3, -0.25) is 4.79 Å². The molecule has 1 saturated heterocycles. The fourth-order valence-electron chi connectivity index (χ4n) is 3.91. The number of hydrogen-bond acceptors (Lipinski definition) is 8. The number of thiazole rings is 1. The molecule has 0 bridgehead atoms. The molecule has 1 N–H and O–H groups in total. The van der Waals surface area contributed by atoms with E-state index >= 15 is 0 Å². The Morgan fingerprint density at radius 1 is 1.12 bits per heavy atom. The summed E-state index contributed by atoms with van der Waals surface area (Å²) in [5, 5.41) is 14.4. The Bertz CT molecular complexity index is 1080. The quantitative estimate of drug-likeness (QED) is 0.542. The molecule has 1 aliphatic rings. The van der Waals surface area contributed by atoms with Gasteiger partial charge in [-0.2, -0.15) is 5.10 Å². The molecule has 1 fully saturated rings. The molecular formula is C24H29N5O3S. The average molecular weight is 468 g/mol. The van der Waals surface area contributed by atoms with E-state index < -0.39 is 0 Å². The lowest BCUT2D eigenvalue weighted by atomic mass is 9.96. The highest BCUT2D eigenvalue weighted by Gasteiger charge is 2.25. The summed E-state index contributed by atoms with van der Waals surface area (Å²) in [7, 11) is 3.24. The molecule has 0 spiro atoms. The van der Waals surface area contributed by atoms with Crippen molar-refractivity contribution < 1.29 is 14.3 Å². The van der Waals surface area contributed by atoms with E-state index in [0.717, 1.165) is 53.7 Å². The molecule has 174 valence electrons. The van der Waals surface area contributed by atoms with Crippen LogP contribution in [0.3, 0.4) is 0 Å². The number of carbonyl (C=O) groups excluding carboxylic acids is 1. The minimum Gasteiger partial charge on any atom is -0.493 e. The molecule has 0 saturated carbocycles. The van der Waals surface area contributed by atoms with Gasteiger partial charge in [0, 0.05) is 42.9 Å². The minimum absolute atomic E-state index is 0.0393. The Balaban J connectivity index is 1.24. The van der Waals surface area contributed by atoms with Crippen LogP contribution in [0.5, 0.6) is 11.5 Å². The molecular weight excluding hydrogens is 438 g/mol. The molecule has 3 heterocycles. The van der Waals surface area contributed by atoms with Crippen molar-refractivity contribution in [3.05, 3.63) is 47.1 Å². The Morgan fingerprint density at radius 2 is 1.91 bits per heavy atom. The molecule has 9 heteroatoms. The van der Waals surface area contributed by atoms with Crippen LogP contribution >= 0.6 is 11.3 Å². The molecule has 0 radical (unpaired) electrons. The first-order valence-corrected chi connectivity index (χ1v) is 11.9. The molecule has 33 heavy (non-hydrogen) atoms. The number of ether oxygens (including phenoxy) is 2. The number of nitrogens with zero attached hydrogens (tertiary/aromatic N) is 4. The largest absolute Gasteiger partial charge is 0.493 e. The maximum absolute atomic E-state index is 12.6. The van der Waals surface area contributed by atoms with E-state index in [0.29, 0.717) is 24.5 Å². The van der Waals surface area contributed by atoms with Crippen molar-refractivity contribution in [2.24, 2.45) is 5.92 Å². The smallest absolute Gasteiger partial charge is 0.223 e. The van der Waals surface area contributed by atoms with Crippen LogP contribution in [-0.4, -0.2) is 54.9 Å². The number of aromatic nitrogens is 3. The molecule has 1 aromatic carbocycles. The Morgan fingerprint density at radius 3 is 2.61 bits per heavy atom. The highest BCUT2D eigenvalue weighted by atomic mass is 32.1. The standard InChI is InChI=1S/C24H29N5O3S/c1-16-4-7-22(28-27-16)29-12-9-17(10-13-29)23(30)25-11-8-19-15-33-24(26-19)18-5-6-20(31-2)21(14-18)32-3/h4-7,14-15,17H,8-13H2,1-3H3,(H,25,30). The normalized spacial score (nSPS) is 14.2. The molecule has 2 aromatic heterocycles. The molecule has 3 aromatic rings. The van der Waals surface area contributed by atoms with E-state index in [1.165, 1.54) is 0 Å². The summed E-state index contributed by atoms with van der Waals surface area (Å²) in [4.78, 5) is 19.5. The van der Waals surface area contributed by atoms with Crippen molar-refractivity contribution in [2.75, 3.05) is 38.8 Å². The van der Waals surface area contributed by atoms with Gasteiger partial charge in [0.15, 0.2) is 17.3 Å². The van der Waals surface area contributed by atoms with Crippen molar-refractivity contribution in [3.63, 3.8) is 0 Å². The first kappa shape index (κ1) is 23.0. The Labute approximate surface area is 198 Å². The zero-order valence-corrected chi connectivity index (χ0v) is 20.0. The third kappa shape index (κ3) is 5.60. The number of amides is 1. The number of benzene rings is 1. The second kappa shape index (κ2) is 10.6. The van der Waals surface area contributed by atoms with E-state index in [1.54, 1.807) is 25.6 Å². The van der Waals surface area contributed by atoms with Gasteiger partial charge in [-0.15, -0.1) is 16.4 Å². The lowest BCUT2D eigenvalue weighted by molar-refractivity contribution is -0.125. The minimum atomic E-state index is 0.0393. The van der Waals surface area contributed by atoms with Gasteiger partial charge in [0.05, 0.1) is 25.6 Å².